The van der Waals surface area contributed by atoms with Crippen LogP contribution in [0.3, 0.4) is 0 Å². The molecule has 2 fully saturated rings. The van der Waals surface area contributed by atoms with Crippen molar-refractivity contribution < 1.29 is 9.53 Å². The summed E-state index contributed by atoms with van der Waals surface area (Å²) in [7, 11) is 1.60. The first-order chi connectivity index (χ1) is 9.17. The second kappa shape index (κ2) is 4.76. The molecule has 4 heteroatoms. The molecule has 0 heterocycles. The molecular formula is C15H20N2O2. The Morgan fingerprint density at radius 1 is 1.37 bits per heavy atom. The van der Waals surface area contributed by atoms with Gasteiger partial charge in [0, 0.05) is 12.0 Å². The van der Waals surface area contributed by atoms with Gasteiger partial charge in [-0.2, -0.15) is 0 Å². The third kappa shape index (κ3) is 2.27. The van der Waals surface area contributed by atoms with Gasteiger partial charge >= 0.3 is 0 Å². The summed E-state index contributed by atoms with van der Waals surface area (Å²) in [6.07, 6.45) is 4.79. The van der Waals surface area contributed by atoms with Crippen molar-refractivity contribution in [3.05, 3.63) is 18.2 Å². The van der Waals surface area contributed by atoms with Crippen LogP contribution >= 0.6 is 0 Å². The molecule has 2 saturated carbocycles. The van der Waals surface area contributed by atoms with Crippen LogP contribution in [0.1, 0.15) is 25.7 Å². The molecule has 1 amide bonds. The highest BCUT2D eigenvalue weighted by molar-refractivity contribution is 5.95. The SMILES string of the molecule is COc1ccc(NC(=O)C2CC3CCC2C3)c(N)c1. The van der Waals surface area contributed by atoms with Gasteiger partial charge in [-0.05, 0) is 43.2 Å². The fourth-order valence-electron chi connectivity index (χ4n) is 3.57. The van der Waals surface area contributed by atoms with Crippen LogP contribution in [0.15, 0.2) is 18.2 Å². The lowest BCUT2D eigenvalue weighted by molar-refractivity contribution is -0.121. The summed E-state index contributed by atoms with van der Waals surface area (Å²) in [4.78, 5) is 12.3. The molecule has 4 nitrogen and oxygen atoms in total. The third-order valence-electron chi connectivity index (χ3n) is 4.59. The number of ether oxygens (including phenoxy) is 1. The third-order valence-corrected chi connectivity index (χ3v) is 4.59. The van der Waals surface area contributed by atoms with Crippen LogP contribution in [0.5, 0.6) is 5.75 Å². The van der Waals surface area contributed by atoms with Crippen molar-refractivity contribution in [2.24, 2.45) is 17.8 Å². The zero-order chi connectivity index (χ0) is 13.4. The van der Waals surface area contributed by atoms with Gasteiger partial charge in [-0.15, -0.1) is 0 Å². The standard InChI is InChI=1S/C15H20N2O2/c1-19-11-4-5-14(13(16)8-11)17-15(18)12-7-9-2-3-10(12)6-9/h4-5,8-10,12H,2-3,6-7,16H2,1H3,(H,17,18). The molecule has 1 aromatic rings. The maximum atomic E-state index is 12.3. The predicted octanol–water partition coefficient (Wildman–Crippen LogP) is 2.65. The van der Waals surface area contributed by atoms with Crippen LogP contribution in [0.25, 0.3) is 0 Å². The van der Waals surface area contributed by atoms with Crippen LogP contribution in [0, 0.1) is 17.8 Å². The number of nitrogen functional groups attached to an aromatic ring is 1. The summed E-state index contributed by atoms with van der Waals surface area (Å²) < 4.78 is 5.10. The molecule has 0 radical (unpaired) electrons. The van der Waals surface area contributed by atoms with Crippen molar-refractivity contribution in [3.63, 3.8) is 0 Å². The van der Waals surface area contributed by atoms with Gasteiger partial charge in [-0.3, -0.25) is 4.79 Å². The quantitative estimate of drug-likeness (QED) is 0.821. The first kappa shape index (κ1) is 12.3. The van der Waals surface area contributed by atoms with Crippen LogP contribution in [0.2, 0.25) is 0 Å². The zero-order valence-corrected chi connectivity index (χ0v) is 11.2. The fourth-order valence-corrected chi connectivity index (χ4v) is 3.57. The lowest BCUT2D eigenvalue weighted by Crippen LogP contribution is -2.27. The number of benzene rings is 1. The summed E-state index contributed by atoms with van der Waals surface area (Å²) in [6.45, 7) is 0. The summed E-state index contributed by atoms with van der Waals surface area (Å²) in [5.74, 6) is 2.37. The van der Waals surface area contributed by atoms with E-state index in [1.54, 1.807) is 19.2 Å². The molecule has 2 aliphatic carbocycles. The molecule has 0 aliphatic heterocycles. The summed E-state index contributed by atoms with van der Waals surface area (Å²) in [6, 6.07) is 5.35. The molecule has 102 valence electrons. The number of nitrogens with one attached hydrogen (secondary N) is 1. The lowest BCUT2D eigenvalue weighted by atomic mass is 9.88. The normalized spacial score (nSPS) is 28.4. The van der Waals surface area contributed by atoms with Crippen LogP contribution in [-0.2, 0) is 4.79 Å². The lowest BCUT2D eigenvalue weighted by Gasteiger charge is -2.21. The molecule has 0 aromatic heterocycles. The molecular weight excluding hydrogens is 240 g/mol. The number of carbonyl (C=O) groups is 1. The highest BCUT2D eigenvalue weighted by Gasteiger charge is 2.43. The molecule has 1 aromatic carbocycles. The number of anilines is 2. The van der Waals surface area contributed by atoms with Crippen molar-refractivity contribution in [2.45, 2.75) is 25.7 Å². The van der Waals surface area contributed by atoms with E-state index in [2.05, 4.69) is 5.32 Å². The highest BCUT2D eigenvalue weighted by atomic mass is 16.5. The predicted molar refractivity (Wildman–Crippen MR) is 75.0 cm³/mol. The highest BCUT2D eigenvalue weighted by Crippen LogP contribution is 2.48. The van der Waals surface area contributed by atoms with Gasteiger partial charge in [-0.25, -0.2) is 0 Å². The average molecular weight is 260 g/mol. The van der Waals surface area contributed by atoms with Crippen molar-refractivity contribution in [2.75, 3.05) is 18.2 Å². The van der Waals surface area contributed by atoms with Gasteiger partial charge in [-0.1, -0.05) is 6.42 Å². The average Bonchev–Trinajstić information content (AvgIpc) is 3.03. The van der Waals surface area contributed by atoms with E-state index in [-0.39, 0.29) is 11.8 Å². The molecule has 3 unspecified atom stereocenters. The Balaban J connectivity index is 1.69. The van der Waals surface area contributed by atoms with E-state index in [1.807, 2.05) is 6.07 Å². The van der Waals surface area contributed by atoms with Gasteiger partial charge in [0.1, 0.15) is 5.75 Å². The summed E-state index contributed by atoms with van der Waals surface area (Å²) in [5.41, 5.74) is 7.17. The smallest absolute Gasteiger partial charge is 0.227 e. The molecule has 2 bridgehead atoms. The number of hydrogen-bond acceptors (Lipinski definition) is 3. The number of methoxy groups -OCH3 is 1. The maximum absolute atomic E-state index is 12.3. The number of hydrogen-bond donors (Lipinski definition) is 2. The molecule has 0 saturated heterocycles. The molecule has 3 N–H and O–H groups in total. The van der Waals surface area contributed by atoms with Crippen molar-refractivity contribution in [1.29, 1.82) is 0 Å². The van der Waals surface area contributed by atoms with Gasteiger partial charge in [0.05, 0.1) is 18.5 Å². The van der Waals surface area contributed by atoms with E-state index in [9.17, 15) is 4.79 Å². The van der Waals surface area contributed by atoms with E-state index in [1.165, 1.54) is 19.3 Å². The van der Waals surface area contributed by atoms with Gasteiger partial charge in [0.15, 0.2) is 0 Å². The number of nitrogens with two attached hydrogens (primary N) is 1. The Morgan fingerprint density at radius 2 is 2.21 bits per heavy atom. The van der Waals surface area contributed by atoms with Crippen LogP contribution in [0.4, 0.5) is 11.4 Å². The van der Waals surface area contributed by atoms with Gasteiger partial charge < -0.3 is 15.8 Å². The Labute approximate surface area is 113 Å². The van der Waals surface area contributed by atoms with E-state index in [0.717, 1.165) is 12.3 Å². The molecule has 3 rings (SSSR count). The fraction of sp³-hybridized carbons (Fsp3) is 0.533. The largest absolute Gasteiger partial charge is 0.497 e. The van der Waals surface area contributed by atoms with Crippen LogP contribution < -0.4 is 15.8 Å². The second-order valence-electron chi connectivity index (χ2n) is 5.72. The Kier molecular flexibility index (Phi) is 3.09. The van der Waals surface area contributed by atoms with Crippen molar-refractivity contribution in [3.8, 4) is 5.75 Å². The van der Waals surface area contributed by atoms with Crippen molar-refractivity contribution >= 4 is 17.3 Å². The summed E-state index contributed by atoms with van der Waals surface area (Å²) >= 11 is 0. The zero-order valence-electron chi connectivity index (χ0n) is 11.2. The Bertz CT molecular complexity index is 501. The van der Waals surface area contributed by atoms with E-state index >= 15 is 0 Å². The second-order valence-corrected chi connectivity index (χ2v) is 5.72. The molecule has 3 atom stereocenters. The molecule has 0 spiro atoms. The minimum atomic E-state index is 0.129. The first-order valence-corrected chi connectivity index (χ1v) is 6.91. The minimum absolute atomic E-state index is 0.129. The monoisotopic (exact) mass is 260 g/mol. The minimum Gasteiger partial charge on any atom is -0.497 e. The Hall–Kier alpha value is -1.71. The topological polar surface area (TPSA) is 64.3 Å². The Morgan fingerprint density at radius 3 is 2.79 bits per heavy atom. The molecule has 2 aliphatic rings. The van der Waals surface area contributed by atoms with Crippen LogP contribution in [-0.4, -0.2) is 13.0 Å². The van der Waals surface area contributed by atoms with Crippen molar-refractivity contribution in [1.82, 2.24) is 0 Å². The van der Waals surface area contributed by atoms with E-state index in [0.29, 0.717) is 23.0 Å². The number of carbonyl (C=O) groups excluding carboxylic acids is 1. The van der Waals surface area contributed by atoms with E-state index < -0.39 is 0 Å². The maximum Gasteiger partial charge on any atom is 0.227 e. The van der Waals surface area contributed by atoms with E-state index in [4.69, 9.17) is 10.5 Å². The number of fused-ring (bicyclic) bond motifs is 2. The number of amides is 1. The first-order valence-electron chi connectivity index (χ1n) is 6.91. The molecule has 19 heavy (non-hydrogen) atoms. The van der Waals surface area contributed by atoms with Gasteiger partial charge in [0.2, 0.25) is 5.91 Å². The van der Waals surface area contributed by atoms with Gasteiger partial charge in [0.25, 0.3) is 0 Å². The number of rotatable bonds is 3. The summed E-state index contributed by atoms with van der Waals surface area (Å²) in [5, 5.41) is 2.97.